The van der Waals surface area contributed by atoms with E-state index in [1.54, 1.807) is 0 Å². The molecule has 0 amide bonds. The van der Waals surface area contributed by atoms with Crippen molar-refractivity contribution in [2.24, 2.45) is 5.73 Å². The molecule has 1 fully saturated rings. The van der Waals surface area contributed by atoms with Gasteiger partial charge in [-0.05, 0) is 19.3 Å². The van der Waals surface area contributed by atoms with Crippen LogP contribution < -0.4 is 5.73 Å². The van der Waals surface area contributed by atoms with Crippen molar-refractivity contribution in [1.29, 1.82) is 0 Å². The zero-order valence-electron chi connectivity index (χ0n) is 4.80. The lowest BCUT2D eigenvalue weighted by Gasteiger charge is -2.17. The summed E-state index contributed by atoms with van der Waals surface area (Å²) >= 11 is 0. The third kappa shape index (κ3) is 2.50. The van der Waals surface area contributed by atoms with Crippen molar-refractivity contribution in [1.82, 2.24) is 0 Å². The fraction of sp³-hybridized carbons (Fsp3) is 1.00. The standard InChI is InChI=1S/C5H11NO.ClH/c6-5-3-1-2-4-7-5;/h5H,1-4,6H2;1H/t5-;/m0./s1. The van der Waals surface area contributed by atoms with E-state index in [0.29, 0.717) is 0 Å². The predicted molar refractivity (Wildman–Crippen MR) is 35.0 cm³/mol. The molecule has 1 atom stereocenters. The lowest BCUT2D eigenvalue weighted by atomic mass is 10.2. The van der Waals surface area contributed by atoms with Crippen molar-refractivity contribution < 1.29 is 4.74 Å². The minimum Gasteiger partial charge on any atom is -0.364 e. The fourth-order valence-electron chi connectivity index (χ4n) is 0.766. The largest absolute Gasteiger partial charge is 0.364 e. The molecule has 50 valence electrons. The third-order valence-corrected chi connectivity index (χ3v) is 1.21. The molecule has 1 aliphatic heterocycles. The van der Waals surface area contributed by atoms with Crippen LogP contribution in [0.25, 0.3) is 0 Å². The van der Waals surface area contributed by atoms with Gasteiger partial charge in [-0.2, -0.15) is 0 Å². The van der Waals surface area contributed by atoms with Crippen LogP contribution in [0, 0.1) is 0 Å². The van der Waals surface area contributed by atoms with Crippen LogP contribution in [0.2, 0.25) is 0 Å². The summed E-state index contributed by atoms with van der Waals surface area (Å²) < 4.78 is 5.06. The molecule has 0 bridgehead atoms. The lowest BCUT2D eigenvalue weighted by Crippen LogP contribution is -2.27. The molecular weight excluding hydrogens is 126 g/mol. The van der Waals surface area contributed by atoms with Gasteiger partial charge in [0, 0.05) is 6.61 Å². The maximum atomic E-state index is 5.41. The highest BCUT2D eigenvalue weighted by Gasteiger charge is 2.06. The Balaban J connectivity index is 0.000000490. The highest BCUT2D eigenvalue weighted by Crippen LogP contribution is 2.06. The van der Waals surface area contributed by atoms with Crippen molar-refractivity contribution in [3.63, 3.8) is 0 Å². The monoisotopic (exact) mass is 137 g/mol. The van der Waals surface area contributed by atoms with Crippen LogP contribution in [0.1, 0.15) is 19.3 Å². The van der Waals surface area contributed by atoms with E-state index in [0.717, 1.165) is 13.0 Å². The zero-order valence-corrected chi connectivity index (χ0v) is 5.62. The predicted octanol–water partition coefficient (Wildman–Crippen LogP) is 0.894. The molecule has 0 saturated carbocycles. The highest BCUT2D eigenvalue weighted by molar-refractivity contribution is 5.85. The molecule has 0 radical (unpaired) electrons. The molecule has 2 N–H and O–H groups in total. The van der Waals surface area contributed by atoms with Gasteiger partial charge in [0.1, 0.15) is 6.23 Å². The van der Waals surface area contributed by atoms with Gasteiger partial charge >= 0.3 is 0 Å². The minimum absolute atomic E-state index is 0. The molecule has 1 heterocycles. The van der Waals surface area contributed by atoms with Crippen LogP contribution in [0.5, 0.6) is 0 Å². The Bertz CT molecular complexity index is 54.4. The second-order valence-corrected chi connectivity index (χ2v) is 1.91. The van der Waals surface area contributed by atoms with E-state index in [1.165, 1.54) is 12.8 Å². The van der Waals surface area contributed by atoms with Crippen molar-refractivity contribution in [3.8, 4) is 0 Å². The minimum atomic E-state index is 0. The summed E-state index contributed by atoms with van der Waals surface area (Å²) in [5, 5.41) is 0. The normalized spacial score (nSPS) is 28.9. The molecule has 0 aromatic rings. The topological polar surface area (TPSA) is 35.2 Å². The summed E-state index contributed by atoms with van der Waals surface area (Å²) in [4.78, 5) is 0. The SMILES string of the molecule is Cl.N[C@@H]1CCCCO1. The van der Waals surface area contributed by atoms with Crippen molar-refractivity contribution in [2.45, 2.75) is 25.5 Å². The van der Waals surface area contributed by atoms with Crippen molar-refractivity contribution >= 4 is 12.4 Å². The first kappa shape index (κ1) is 8.21. The molecule has 8 heavy (non-hydrogen) atoms. The number of rotatable bonds is 0. The quantitative estimate of drug-likeness (QED) is 0.538. The number of hydrogen-bond acceptors (Lipinski definition) is 2. The van der Waals surface area contributed by atoms with Crippen LogP contribution in [-0.4, -0.2) is 12.8 Å². The molecule has 0 aliphatic carbocycles. The lowest BCUT2D eigenvalue weighted by molar-refractivity contribution is 0.0206. The second-order valence-electron chi connectivity index (χ2n) is 1.91. The zero-order chi connectivity index (χ0) is 5.11. The smallest absolute Gasteiger partial charge is 0.105 e. The molecule has 1 saturated heterocycles. The Morgan fingerprint density at radius 3 is 2.38 bits per heavy atom. The Labute approximate surface area is 55.8 Å². The Kier molecular flexibility index (Phi) is 4.23. The molecule has 2 nitrogen and oxygen atoms in total. The van der Waals surface area contributed by atoms with Gasteiger partial charge in [-0.1, -0.05) is 0 Å². The van der Waals surface area contributed by atoms with Crippen LogP contribution in [0.3, 0.4) is 0 Å². The van der Waals surface area contributed by atoms with Gasteiger partial charge in [0.25, 0.3) is 0 Å². The molecule has 1 rings (SSSR count). The van der Waals surface area contributed by atoms with Gasteiger partial charge in [-0.3, -0.25) is 0 Å². The molecule has 0 aromatic carbocycles. The summed E-state index contributed by atoms with van der Waals surface area (Å²) in [6.07, 6.45) is 3.50. The van der Waals surface area contributed by atoms with Crippen LogP contribution in [-0.2, 0) is 4.74 Å². The second kappa shape index (κ2) is 4.13. The maximum Gasteiger partial charge on any atom is 0.105 e. The van der Waals surface area contributed by atoms with E-state index in [1.807, 2.05) is 0 Å². The van der Waals surface area contributed by atoms with E-state index in [4.69, 9.17) is 10.5 Å². The Morgan fingerprint density at radius 2 is 2.12 bits per heavy atom. The van der Waals surface area contributed by atoms with E-state index in [9.17, 15) is 0 Å². The van der Waals surface area contributed by atoms with Crippen LogP contribution >= 0.6 is 12.4 Å². The highest BCUT2D eigenvalue weighted by atomic mass is 35.5. The van der Waals surface area contributed by atoms with Crippen LogP contribution in [0.15, 0.2) is 0 Å². The molecule has 0 unspecified atom stereocenters. The first-order chi connectivity index (χ1) is 3.39. The molecular formula is C5H12ClNO. The summed E-state index contributed by atoms with van der Waals surface area (Å²) in [5.41, 5.74) is 5.41. The number of ether oxygens (including phenoxy) is 1. The summed E-state index contributed by atoms with van der Waals surface area (Å²) in [6, 6.07) is 0. The molecule has 0 aromatic heterocycles. The summed E-state index contributed by atoms with van der Waals surface area (Å²) in [7, 11) is 0. The fourth-order valence-corrected chi connectivity index (χ4v) is 0.766. The van der Waals surface area contributed by atoms with E-state index < -0.39 is 0 Å². The van der Waals surface area contributed by atoms with E-state index >= 15 is 0 Å². The average molecular weight is 138 g/mol. The van der Waals surface area contributed by atoms with Crippen molar-refractivity contribution in [3.05, 3.63) is 0 Å². The van der Waals surface area contributed by atoms with Gasteiger partial charge in [-0.15, -0.1) is 12.4 Å². The van der Waals surface area contributed by atoms with Gasteiger partial charge in [-0.25, -0.2) is 0 Å². The van der Waals surface area contributed by atoms with Crippen molar-refractivity contribution in [2.75, 3.05) is 6.61 Å². The molecule has 0 spiro atoms. The number of nitrogens with two attached hydrogens (primary N) is 1. The summed E-state index contributed by atoms with van der Waals surface area (Å²) in [6.45, 7) is 0.862. The summed E-state index contributed by atoms with van der Waals surface area (Å²) in [5.74, 6) is 0. The average Bonchev–Trinajstić information content (AvgIpc) is 1.69. The van der Waals surface area contributed by atoms with Crippen LogP contribution in [0.4, 0.5) is 0 Å². The van der Waals surface area contributed by atoms with E-state index in [-0.39, 0.29) is 18.6 Å². The molecule has 1 aliphatic rings. The Morgan fingerprint density at radius 1 is 1.38 bits per heavy atom. The van der Waals surface area contributed by atoms with E-state index in [2.05, 4.69) is 0 Å². The van der Waals surface area contributed by atoms with Gasteiger partial charge < -0.3 is 10.5 Å². The Hall–Kier alpha value is 0.210. The molecule has 3 heteroatoms. The van der Waals surface area contributed by atoms with Gasteiger partial charge in [0.05, 0.1) is 0 Å². The maximum absolute atomic E-state index is 5.41. The first-order valence-electron chi connectivity index (χ1n) is 2.77. The number of hydrogen-bond donors (Lipinski definition) is 1. The van der Waals surface area contributed by atoms with Gasteiger partial charge in [0.2, 0.25) is 0 Å². The number of halogens is 1. The first-order valence-corrected chi connectivity index (χ1v) is 2.77. The third-order valence-electron chi connectivity index (χ3n) is 1.21. The van der Waals surface area contributed by atoms with Gasteiger partial charge in [0.15, 0.2) is 0 Å².